The van der Waals surface area contributed by atoms with E-state index in [1.165, 1.54) is 25.7 Å². The van der Waals surface area contributed by atoms with E-state index in [0.717, 1.165) is 15.7 Å². The minimum Gasteiger partial charge on any atom is -0.384 e. The van der Waals surface area contributed by atoms with Gasteiger partial charge < -0.3 is 10.6 Å². The molecule has 1 aromatic rings. The monoisotopic (exact) mass is 295 g/mol. The highest BCUT2D eigenvalue weighted by atomic mass is 79.9. The van der Waals surface area contributed by atoms with Gasteiger partial charge in [0, 0.05) is 28.8 Å². The van der Waals surface area contributed by atoms with Gasteiger partial charge in [0.15, 0.2) is 0 Å². The van der Waals surface area contributed by atoms with Gasteiger partial charge in [-0.2, -0.15) is 0 Å². The summed E-state index contributed by atoms with van der Waals surface area (Å²) in [5, 5.41) is 7.65. The third-order valence-electron chi connectivity index (χ3n) is 3.50. The molecule has 0 aliphatic heterocycles. The lowest BCUT2D eigenvalue weighted by molar-refractivity contribution is 0.653. The van der Waals surface area contributed by atoms with E-state index in [1.54, 1.807) is 0 Å². The second-order valence-electron chi connectivity index (χ2n) is 4.62. The Balaban J connectivity index is 2.34. The fourth-order valence-electron chi connectivity index (χ4n) is 2.51. The van der Waals surface area contributed by atoms with E-state index >= 15 is 0 Å². The zero-order valence-corrected chi connectivity index (χ0v) is 11.6. The van der Waals surface area contributed by atoms with Gasteiger partial charge in [0.2, 0.25) is 0 Å². The van der Waals surface area contributed by atoms with E-state index < -0.39 is 0 Å². The molecule has 17 heavy (non-hydrogen) atoms. The van der Waals surface area contributed by atoms with Crippen molar-refractivity contribution in [3.05, 3.63) is 28.2 Å². The number of nitrogen functional groups attached to an aromatic ring is 1. The fourth-order valence-corrected chi connectivity index (χ4v) is 2.86. The van der Waals surface area contributed by atoms with Crippen LogP contribution in [0.2, 0.25) is 0 Å². The maximum Gasteiger partial charge on any atom is 0.124 e. The molecule has 3 nitrogen and oxygen atoms in total. The van der Waals surface area contributed by atoms with Crippen LogP contribution in [-0.4, -0.2) is 18.9 Å². The average molecular weight is 296 g/mol. The minimum absolute atomic E-state index is 0.136. The molecule has 1 aliphatic rings. The van der Waals surface area contributed by atoms with Crippen LogP contribution >= 0.6 is 15.9 Å². The Morgan fingerprint density at radius 2 is 2.06 bits per heavy atom. The van der Waals surface area contributed by atoms with Gasteiger partial charge in [0.25, 0.3) is 0 Å². The quantitative estimate of drug-likeness (QED) is 0.665. The van der Waals surface area contributed by atoms with E-state index in [1.807, 2.05) is 12.1 Å². The Morgan fingerprint density at radius 3 is 2.65 bits per heavy atom. The highest BCUT2D eigenvalue weighted by Crippen LogP contribution is 2.31. The number of hydrogen-bond acceptors (Lipinski definition) is 2. The van der Waals surface area contributed by atoms with E-state index in [2.05, 4.69) is 33.9 Å². The molecule has 0 atom stereocenters. The molecule has 0 saturated heterocycles. The topological polar surface area (TPSA) is 53.1 Å². The second kappa shape index (κ2) is 5.08. The number of nitrogens with two attached hydrogens (primary N) is 1. The number of halogens is 1. The molecule has 4 heteroatoms. The Kier molecular flexibility index (Phi) is 3.72. The maximum absolute atomic E-state index is 7.65. The van der Waals surface area contributed by atoms with Gasteiger partial charge in [0.1, 0.15) is 5.84 Å². The summed E-state index contributed by atoms with van der Waals surface area (Å²) in [6.07, 6.45) is 5.08. The summed E-state index contributed by atoms with van der Waals surface area (Å²) in [7, 11) is 2.10. The third kappa shape index (κ3) is 2.63. The van der Waals surface area contributed by atoms with Crippen LogP contribution in [0.4, 0.5) is 5.69 Å². The SMILES string of the molecule is CN(c1cc(Br)ccc1C(=N)N)C1CCCC1. The number of nitrogens with zero attached hydrogens (tertiary/aromatic N) is 1. The smallest absolute Gasteiger partial charge is 0.124 e. The number of amidine groups is 1. The van der Waals surface area contributed by atoms with Gasteiger partial charge in [-0.1, -0.05) is 28.8 Å². The van der Waals surface area contributed by atoms with Gasteiger partial charge in [-0.3, -0.25) is 5.41 Å². The summed E-state index contributed by atoms with van der Waals surface area (Å²) in [6, 6.07) is 6.48. The van der Waals surface area contributed by atoms with Gasteiger partial charge in [-0.15, -0.1) is 0 Å². The van der Waals surface area contributed by atoms with E-state index in [-0.39, 0.29) is 5.84 Å². The van der Waals surface area contributed by atoms with Crippen molar-refractivity contribution in [2.24, 2.45) is 5.73 Å². The van der Waals surface area contributed by atoms with Crippen LogP contribution in [0.15, 0.2) is 22.7 Å². The zero-order valence-electron chi connectivity index (χ0n) is 10.0. The normalized spacial score (nSPS) is 16.1. The predicted octanol–water partition coefficient (Wildman–Crippen LogP) is 3.11. The number of anilines is 1. The van der Waals surface area contributed by atoms with E-state index in [4.69, 9.17) is 11.1 Å². The second-order valence-corrected chi connectivity index (χ2v) is 5.54. The molecule has 0 amide bonds. The van der Waals surface area contributed by atoms with Gasteiger partial charge >= 0.3 is 0 Å². The highest BCUT2D eigenvalue weighted by molar-refractivity contribution is 9.10. The lowest BCUT2D eigenvalue weighted by Gasteiger charge is -2.28. The van der Waals surface area contributed by atoms with Crippen LogP contribution in [0.3, 0.4) is 0 Å². The van der Waals surface area contributed by atoms with Crippen molar-refractivity contribution in [1.29, 1.82) is 5.41 Å². The highest BCUT2D eigenvalue weighted by Gasteiger charge is 2.22. The third-order valence-corrected chi connectivity index (χ3v) is 4.00. The van der Waals surface area contributed by atoms with Crippen LogP contribution in [0.1, 0.15) is 31.2 Å². The Bertz CT molecular complexity index is 425. The van der Waals surface area contributed by atoms with Crippen LogP contribution < -0.4 is 10.6 Å². The molecule has 3 N–H and O–H groups in total. The lowest BCUT2D eigenvalue weighted by atomic mass is 10.1. The van der Waals surface area contributed by atoms with Crippen molar-refractivity contribution in [3.63, 3.8) is 0 Å². The van der Waals surface area contributed by atoms with Gasteiger partial charge in [-0.05, 0) is 31.0 Å². The van der Waals surface area contributed by atoms with E-state index in [9.17, 15) is 0 Å². The Morgan fingerprint density at radius 1 is 1.41 bits per heavy atom. The van der Waals surface area contributed by atoms with E-state index in [0.29, 0.717) is 6.04 Å². The molecule has 1 aromatic carbocycles. The van der Waals surface area contributed by atoms with Crippen molar-refractivity contribution in [1.82, 2.24) is 0 Å². The molecule has 1 fully saturated rings. The Hall–Kier alpha value is -1.03. The predicted molar refractivity (Wildman–Crippen MR) is 75.8 cm³/mol. The summed E-state index contributed by atoms with van der Waals surface area (Å²) in [6.45, 7) is 0. The molecule has 0 unspecified atom stereocenters. The lowest BCUT2D eigenvalue weighted by Crippen LogP contribution is -2.31. The first-order valence-corrected chi connectivity index (χ1v) is 6.75. The number of hydrogen-bond donors (Lipinski definition) is 2. The molecule has 2 rings (SSSR count). The first-order valence-electron chi connectivity index (χ1n) is 5.96. The molecule has 92 valence electrons. The zero-order chi connectivity index (χ0) is 12.4. The molecular formula is C13H18BrN3. The number of rotatable bonds is 3. The van der Waals surface area contributed by atoms with Gasteiger partial charge in [-0.25, -0.2) is 0 Å². The molecule has 0 radical (unpaired) electrons. The molecule has 1 aliphatic carbocycles. The summed E-state index contributed by atoms with van der Waals surface area (Å²) < 4.78 is 1.03. The standard InChI is InChI=1S/C13H18BrN3/c1-17(10-4-2-3-5-10)12-8-9(14)6-7-11(12)13(15)16/h6-8,10H,2-5H2,1H3,(H3,15,16). The minimum atomic E-state index is 0.136. The largest absolute Gasteiger partial charge is 0.384 e. The molecule has 0 spiro atoms. The van der Waals surface area contributed by atoms with Crippen LogP contribution in [0.5, 0.6) is 0 Å². The number of nitrogens with one attached hydrogen (secondary N) is 1. The summed E-state index contributed by atoms with van der Waals surface area (Å²) in [5.41, 5.74) is 7.52. The molecule has 0 bridgehead atoms. The Labute approximate surface area is 111 Å². The molecule has 0 heterocycles. The fraction of sp³-hybridized carbons (Fsp3) is 0.462. The maximum atomic E-state index is 7.65. The summed E-state index contributed by atoms with van der Waals surface area (Å²) in [5.74, 6) is 0.136. The van der Waals surface area contributed by atoms with Gasteiger partial charge in [0.05, 0.1) is 0 Å². The first-order chi connectivity index (χ1) is 8.09. The first kappa shape index (κ1) is 12.4. The van der Waals surface area contributed by atoms with Crippen LogP contribution in [-0.2, 0) is 0 Å². The van der Waals surface area contributed by atoms with Crippen molar-refractivity contribution >= 4 is 27.5 Å². The molecule has 1 saturated carbocycles. The van der Waals surface area contributed by atoms with Crippen molar-refractivity contribution in [3.8, 4) is 0 Å². The van der Waals surface area contributed by atoms with Crippen molar-refractivity contribution in [2.45, 2.75) is 31.7 Å². The average Bonchev–Trinajstić information content (AvgIpc) is 2.80. The number of benzene rings is 1. The molecule has 0 aromatic heterocycles. The summed E-state index contributed by atoms with van der Waals surface area (Å²) in [4.78, 5) is 2.27. The van der Waals surface area contributed by atoms with Crippen LogP contribution in [0.25, 0.3) is 0 Å². The van der Waals surface area contributed by atoms with Crippen molar-refractivity contribution < 1.29 is 0 Å². The van der Waals surface area contributed by atoms with Crippen LogP contribution in [0, 0.1) is 5.41 Å². The summed E-state index contributed by atoms with van der Waals surface area (Å²) >= 11 is 3.48. The van der Waals surface area contributed by atoms with Crippen molar-refractivity contribution in [2.75, 3.05) is 11.9 Å². The molecular weight excluding hydrogens is 278 g/mol.